The van der Waals surface area contributed by atoms with Crippen LogP contribution in [0.25, 0.3) is 11.3 Å². The molecule has 1 saturated heterocycles. The Balaban J connectivity index is 1.77. The molecular formula is C20H27N5O. The number of aromatic nitrogens is 2. The van der Waals surface area contributed by atoms with Crippen LogP contribution in [0.4, 0.5) is 11.5 Å². The van der Waals surface area contributed by atoms with E-state index in [4.69, 9.17) is 0 Å². The fourth-order valence-corrected chi connectivity index (χ4v) is 3.33. The molecule has 1 fully saturated rings. The van der Waals surface area contributed by atoms with Gasteiger partial charge in [0.25, 0.3) is 0 Å². The fourth-order valence-electron chi connectivity index (χ4n) is 3.33. The van der Waals surface area contributed by atoms with Crippen molar-refractivity contribution in [3.8, 4) is 11.3 Å². The molecule has 6 nitrogen and oxygen atoms in total. The van der Waals surface area contributed by atoms with E-state index in [9.17, 15) is 4.79 Å². The summed E-state index contributed by atoms with van der Waals surface area (Å²) in [6.45, 7) is 12.1. The molecular weight excluding hydrogens is 326 g/mol. The minimum Gasteiger partial charge on any atom is -0.353 e. The van der Waals surface area contributed by atoms with Gasteiger partial charge in [-0.2, -0.15) is 0 Å². The van der Waals surface area contributed by atoms with E-state index in [0.717, 1.165) is 54.5 Å². The highest BCUT2D eigenvalue weighted by Crippen LogP contribution is 2.26. The van der Waals surface area contributed by atoms with E-state index in [1.54, 1.807) is 0 Å². The van der Waals surface area contributed by atoms with E-state index in [1.807, 2.05) is 24.3 Å². The Hall–Kier alpha value is -2.47. The molecule has 1 aromatic heterocycles. The lowest BCUT2D eigenvalue weighted by Crippen LogP contribution is -2.49. The number of rotatable bonds is 4. The van der Waals surface area contributed by atoms with E-state index in [1.165, 1.54) is 6.92 Å². The summed E-state index contributed by atoms with van der Waals surface area (Å²) in [5.74, 6) is 0.855. The van der Waals surface area contributed by atoms with Crippen LogP contribution in [0.3, 0.4) is 0 Å². The van der Waals surface area contributed by atoms with Gasteiger partial charge in [-0.1, -0.05) is 12.1 Å². The van der Waals surface area contributed by atoms with E-state index in [2.05, 4.69) is 52.2 Å². The molecule has 0 aliphatic carbocycles. The van der Waals surface area contributed by atoms with E-state index < -0.39 is 0 Å². The van der Waals surface area contributed by atoms with Crippen LogP contribution in [0.2, 0.25) is 0 Å². The minimum absolute atomic E-state index is 0.0826. The number of hydrogen-bond donors (Lipinski definition) is 1. The summed E-state index contributed by atoms with van der Waals surface area (Å²) in [4.78, 5) is 16.1. The van der Waals surface area contributed by atoms with Gasteiger partial charge < -0.3 is 10.2 Å². The van der Waals surface area contributed by atoms with Gasteiger partial charge in [-0.15, -0.1) is 10.2 Å². The number of anilines is 2. The molecule has 3 rings (SSSR count). The highest BCUT2D eigenvalue weighted by atomic mass is 16.1. The monoisotopic (exact) mass is 353 g/mol. The van der Waals surface area contributed by atoms with Gasteiger partial charge >= 0.3 is 0 Å². The molecule has 2 heterocycles. The van der Waals surface area contributed by atoms with Gasteiger partial charge in [0.1, 0.15) is 0 Å². The first-order chi connectivity index (χ1) is 12.4. The Morgan fingerprint density at radius 3 is 2.46 bits per heavy atom. The second-order valence-corrected chi connectivity index (χ2v) is 7.11. The van der Waals surface area contributed by atoms with Gasteiger partial charge in [-0.25, -0.2) is 0 Å². The smallest absolute Gasteiger partial charge is 0.221 e. The number of amides is 1. The summed E-state index contributed by atoms with van der Waals surface area (Å²) in [6.07, 6.45) is 0. The Labute approximate surface area is 155 Å². The van der Waals surface area contributed by atoms with Gasteiger partial charge in [0.2, 0.25) is 5.91 Å². The summed E-state index contributed by atoms with van der Waals surface area (Å²) >= 11 is 0. The molecule has 1 N–H and O–H groups in total. The highest BCUT2D eigenvalue weighted by Gasteiger charge is 2.20. The number of hydrogen-bond acceptors (Lipinski definition) is 5. The number of carbonyl (C=O) groups excluding carboxylic acids is 1. The van der Waals surface area contributed by atoms with Crippen molar-refractivity contribution in [1.82, 2.24) is 15.1 Å². The Morgan fingerprint density at radius 2 is 1.85 bits per heavy atom. The molecule has 138 valence electrons. The number of piperazine rings is 1. The molecule has 0 spiro atoms. The van der Waals surface area contributed by atoms with Crippen molar-refractivity contribution in [1.29, 1.82) is 0 Å². The van der Waals surface area contributed by atoms with Gasteiger partial charge in [0.15, 0.2) is 5.82 Å². The van der Waals surface area contributed by atoms with Crippen LogP contribution in [0.5, 0.6) is 0 Å². The maximum Gasteiger partial charge on any atom is 0.221 e. The molecule has 1 aliphatic rings. The maximum atomic E-state index is 11.3. The molecule has 1 aromatic carbocycles. The van der Waals surface area contributed by atoms with Crippen LogP contribution in [-0.2, 0) is 4.79 Å². The van der Waals surface area contributed by atoms with Crippen molar-refractivity contribution in [2.24, 2.45) is 0 Å². The van der Waals surface area contributed by atoms with Gasteiger partial charge in [-0.05, 0) is 44.5 Å². The van der Waals surface area contributed by atoms with Crippen LogP contribution in [0, 0.1) is 6.92 Å². The van der Waals surface area contributed by atoms with Crippen molar-refractivity contribution in [3.63, 3.8) is 0 Å². The van der Waals surface area contributed by atoms with Crippen molar-refractivity contribution in [2.75, 3.05) is 36.4 Å². The number of nitrogens with one attached hydrogen (secondary N) is 1. The third-order valence-electron chi connectivity index (χ3n) is 4.80. The second-order valence-electron chi connectivity index (χ2n) is 7.11. The van der Waals surface area contributed by atoms with E-state index >= 15 is 0 Å². The average Bonchev–Trinajstić information content (AvgIpc) is 2.61. The maximum absolute atomic E-state index is 11.3. The Morgan fingerprint density at radius 1 is 1.12 bits per heavy atom. The summed E-state index contributed by atoms with van der Waals surface area (Å²) < 4.78 is 0. The zero-order valence-corrected chi connectivity index (χ0v) is 16.0. The molecule has 0 radical (unpaired) electrons. The first-order valence-corrected chi connectivity index (χ1v) is 9.15. The summed E-state index contributed by atoms with van der Waals surface area (Å²) in [5, 5.41) is 11.8. The fraction of sp³-hybridized carbons (Fsp3) is 0.450. The molecule has 0 unspecified atom stereocenters. The van der Waals surface area contributed by atoms with Crippen molar-refractivity contribution in [2.45, 2.75) is 33.7 Å². The van der Waals surface area contributed by atoms with Gasteiger partial charge in [-0.3, -0.25) is 9.69 Å². The molecule has 26 heavy (non-hydrogen) atoms. The zero-order chi connectivity index (χ0) is 18.7. The summed E-state index contributed by atoms with van der Waals surface area (Å²) in [5.41, 5.74) is 3.66. The predicted octanol–water partition coefficient (Wildman–Crippen LogP) is 2.94. The summed E-state index contributed by atoms with van der Waals surface area (Å²) in [7, 11) is 0. The van der Waals surface area contributed by atoms with Crippen molar-refractivity contribution in [3.05, 3.63) is 35.9 Å². The number of benzene rings is 1. The quantitative estimate of drug-likeness (QED) is 0.916. The molecule has 1 amide bonds. The van der Waals surface area contributed by atoms with E-state index in [0.29, 0.717) is 6.04 Å². The number of aryl methyl sites for hydroxylation is 1. The molecule has 0 atom stereocenters. The van der Waals surface area contributed by atoms with Crippen LogP contribution in [-0.4, -0.2) is 53.2 Å². The summed E-state index contributed by atoms with van der Waals surface area (Å²) in [6, 6.07) is 10.4. The lowest BCUT2D eigenvalue weighted by atomic mass is 10.1. The topological polar surface area (TPSA) is 61.4 Å². The molecule has 2 aromatic rings. The van der Waals surface area contributed by atoms with Crippen LogP contribution < -0.4 is 10.2 Å². The van der Waals surface area contributed by atoms with Crippen LogP contribution in [0.1, 0.15) is 26.3 Å². The lowest BCUT2D eigenvalue weighted by molar-refractivity contribution is -0.114. The van der Waals surface area contributed by atoms with Crippen LogP contribution >= 0.6 is 0 Å². The molecule has 1 aliphatic heterocycles. The molecule has 0 bridgehead atoms. The Bertz CT molecular complexity index is 782. The van der Waals surface area contributed by atoms with Gasteiger partial charge in [0.05, 0.1) is 5.69 Å². The second kappa shape index (κ2) is 7.83. The normalized spacial score (nSPS) is 15.3. The Kier molecular flexibility index (Phi) is 5.52. The number of carbonyl (C=O) groups is 1. The third-order valence-corrected chi connectivity index (χ3v) is 4.80. The predicted molar refractivity (Wildman–Crippen MR) is 105 cm³/mol. The average molecular weight is 353 g/mol. The SMILES string of the molecule is CC(=O)Nc1cccc(-c2nnc(N3CCN(C(C)C)CC3)cc2C)c1. The highest BCUT2D eigenvalue weighted by molar-refractivity contribution is 5.89. The number of nitrogens with zero attached hydrogens (tertiary/aromatic N) is 4. The molecule has 6 heteroatoms. The lowest BCUT2D eigenvalue weighted by Gasteiger charge is -2.37. The standard InChI is InChI=1S/C20H27N5O/c1-14(2)24-8-10-25(11-9-24)19-12-15(3)20(23-22-19)17-6-5-7-18(13-17)21-16(4)26/h5-7,12-14H,8-11H2,1-4H3,(H,21,26). The molecule has 0 saturated carbocycles. The third kappa shape index (κ3) is 4.19. The van der Waals surface area contributed by atoms with Gasteiger partial charge in [0, 0.05) is 50.4 Å². The van der Waals surface area contributed by atoms with E-state index in [-0.39, 0.29) is 5.91 Å². The first kappa shape index (κ1) is 18.3. The van der Waals surface area contributed by atoms with Crippen LogP contribution in [0.15, 0.2) is 30.3 Å². The zero-order valence-electron chi connectivity index (χ0n) is 16.0. The van der Waals surface area contributed by atoms with Crippen molar-refractivity contribution >= 4 is 17.4 Å². The first-order valence-electron chi connectivity index (χ1n) is 9.15. The minimum atomic E-state index is -0.0826. The van der Waals surface area contributed by atoms with Crippen molar-refractivity contribution < 1.29 is 4.79 Å². The largest absolute Gasteiger partial charge is 0.353 e.